The Kier molecular flexibility index (Phi) is 7.87. The van der Waals surface area contributed by atoms with Gasteiger partial charge >= 0.3 is 12.1 Å². The third-order valence-electron chi connectivity index (χ3n) is 1.52. The van der Waals surface area contributed by atoms with Gasteiger partial charge in [0, 0.05) is 6.42 Å². The van der Waals surface area contributed by atoms with E-state index < -0.39 is 12.1 Å². The molecule has 0 radical (unpaired) electrons. The van der Waals surface area contributed by atoms with Gasteiger partial charge in [0.1, 0.15) is 0 Å². The molecule has 0 unspecified atom stereocenters. The summed E-state index contributed by atoms with van der Waals surface area (Å²) in [6, 6.07) is 0. The number of amides is 1. The van der Waals surface area contributed by atoms with E-state index in [4.69, 9.17) is 6.42 Å². The van der Waals surface area contributed by atoms with Gasteiger partial charge < -0.3 is 9.57 Å². The summed E-state index contributed by atoms with van der Waals surface area (Å²) in [4.78, 5) is 26.1. The van der Waals surface area contributed by atoms with Crippen LogP contribution in [0.4, 0.5) is 4.79 Å². The molecule has 5 nitrogen and oxygen atoms in total. The molecule has 0 saturated carbocycles. The number of carbonyl (C=O) groups excluding carboxylic acids is 2. The van der Waals surface area contributed by atoms with E-state index in [1.54, 1.807) is 0 Å². The Morgan fingerprint density at radius 3 is 2.73 bits per heavy atom. The standard InChI is InChI=1S/C10H15NO4/c1-3-5-6-7-9(12)15-11-10(13)14-8-4-2/h2H,3,5-8H2,1H3,(H,11,13). The number of hydrogen-bond donors (Lipinski definition) is 1. The van der Waals surface area contributed by atoms with Crippen LogP contribution in [0.15, 0.2) is 0 Å². The Balaban J connectivity index is 3.45. The van der Waals surface area contributed by atoms with Gasteiger partial charge in [0.05, 0.1) is 0 Å². The molecule has 0 aliphatic rings. The molecule has 0 aromatic rings. The first-order valence-electron chi connectivity index (χ1n) is 4.76. The smallest absolute Gasteiger partial charge is 0.434 e. The van der Waals surface area contributed by atoms with E-state index in [0.29, 0.717) is 0 Å². The summed E-state index contributed by atoms with van der Waals surface area (Å²) in [5, 5.41) is 0. The topological polar surface area (TPSA) is 64.6 Å². The first-order chi connectivity index (χ1) is 7.20. The summed E-state index contributed by atoms with van der Waals surface area (Å²) < 4.78 is 4.40. The molecule has 5 heteroatoms. The number of terminal acetylenes is 1. The maximum absolute atomic E-state index is 11.0. The van der Waals surface area contributed by atoms with Gasteiger partial charge in [-0.1, -0.05) is 25.7 Å². The SMILES string of the molecule is C#CCOC(=O)NOC(=O)CCCCC. The van der Waals surface area contributed by atoms with Crippen molar-refractivity contribution in [1.29, 1.82) is 0 Å². The second-order valence-corrected chi connectivity index (χ2v) is 2.81. The van der Waals surface area contributed by atoms with Gasteiger partial charge in [-0.2, -0.15) is 0 Å². The zero-order valence-electron chi connectivity index (χ0n) is 8.75. The lowest BCUT2D eigenvalue weighted by atomic mass is 10.2. The molecule has 1 N–H and O–H groups in total. The molecule has 0 aliphatic heterocycles. The van der Waals surface area contributed by atoms with Crippen molar-refractivity contribution >= 4 is 12.1 Å². The van der Waals surface area contributed by atoms with Crippen LogP contribution in [0.3, 0.4) is 0 Å². The van der Waals surface area contributed by atoms with Gasteiger partial charge in [-0.15, -0.1) is 11.9 Å². The number of nitrogens with one attached hydrogen (secondary N) is 1. The number of rotatable bonds is 5. The molecular weight excluding hydrogens is 198 g/mol. The minimum atomic E-state index is -0.864. The highest BCUT2D eigenvalue weighted by atomic mass is 16.7. The first-order valence-corrected chi connectivity index (χ1v) is 4.76. The second kappa shape index (κ2) is 8.88. The maximum atomic E-state index is 11.0. The minimum Gasteiger partial charge on any atom is -0.434 e. The Labute approximate surface area is 89.1 Å². The molecule has 0 fully saturated rings. The van der Waals surface area contributed by atoms with Gasteiger partial charge in [-0.3, -0.25) is 0 Å². The van der Waals surface area contributed by atoms with Crippen LogP contribution in [0.25, 0.3) is 0 Å². The Morgan fingerprint density at radius 1 is 1.40 bits per heavy atom. The molecule has 0 heterocycles. The van der Waals surface area contributed by atoms with Gasteiger partial charge in [-0.25, -0.2) is 9.59 Å². The second-order valence-electron chi connectivity index (χ2n) is 2.81. The monoisotopic (exact) mass is 213 g/mol. The van der Waals surface area contributed by atoms with E-state index in [2.05, 4.69) is 15.5 Å². The van der Waals surface area contributed by atoms with Crippen LogP contribution < -0.4 is 5.48 Å². The summed E-state index contributed by atoms with van der Waals surface area (Å²) in [6.45, 7) is 1.87. The molecule has 0 bridgehead atoms. The molecule has 0 aromatic carbocycles. The predicted octanol–water partition coefficient (Wildman–Crippen LogP) is 1.38. The van der Waals surface area contributed by atoms with Gasteiger partial charge in [-0.05, 0) is 6.42 Å². The summed E-state index contributed by atoms with van der Waals surface area (Å²) in [7, 11) is 0. The van der Waals surface area contributed by atoms with Crippen molar-refractivity contribution in [3.05, 3.63) is 0 Å². The molecule has 1 amide bonds. The molecule has 0 rings (SSSR count). The summed E-state index contributed by atoms with van der Waals surface area (Å²) in [5.41, 5.74) is 1.84. The average Bonchev–Trinajstić information content (AvgIpc) is 2.24. The average molecular weight is 213 g/mol. The van der Waals surface area contributed by atoms with Crippen molar-refractivity contribution in [2.24, 2.45) is 0 Å². The van der Waals surface area contributed by atoms with Crippen molar-refractivity contribution in [2.75, 3.05) is 6.61 Å². The lowest BCUT2D eigenvalue weighted by molar-refractivity contribution is -0.149. The van der Waals surface area contributed by atoms with E-state index in [1.807, 2.05) is 12.4 Å². The van der Waals surface area contributed by atoms with E-state index in [1.165, 1.54) is 0 Å². The van der Waals surface area contributed by atoms with Gasteiger partial charge in [0.15, 0.2) is 6.61 Å². The third kappa shape index (κ3) is 8.63. The van der Waals surface area contributed by atoms with Crippen LogP contribution in [0.2, 0.25) is 0 Å². The molecular formula is C10H15NO4. The largest absolute Gasteiger partial charge is 0.441 e. The van der Waals surface area contributed by atoms with Crippen molar-refractivity contribution in [3.8, 4) is 12.3 Å². The van der Waals surface area contributed by atoms with Crippen molar-refractivity contribution in [2.45, 2.75) is 32.6 Å². The quantitative estimate of drug-likeness (QED) is 0.425. The first kappa shape index (κ1) is 13.3. The van der Waals surface area contributed by atoms with Gasteiger partial charge in [0.2, 0.25) is 0 Å². The van der Waals surface area contributed by atoms with Crippen molar-refractivity contribution < 1.29 is 19.2 Å². The van der Waals surface area contributed by atoms with Crippen LogP contribution in [0.5, 0.6) is 0 Å². The van der Waals surface area contributed by atoms with Crippen LogP contribution in [0, 0.1) is 12.3 Å². The highest BCUT2D eigenvalue weighted by Crippen LogP contribution is 1.99. The fourth-order valence-corrected chi connectivity index (χ4v) is 0.806. The Morgan fingerprint density at radius 2 is 2.13 bits per heavy atom. The van der Waals surface area contributed by atoms with Crippen LogP contribution in [-0.4, -0.2) is 18.7 Å². The normalized spacial score (nSPS) is 8.80. The number of unbranched alkanes of at least 4 members (excludes halogenated alkanes) is 2. The zero-order valence-corrected chi connectivity index (χ0v) is 8.75. The highest BCUT2D eigenvalue weighted by Gasteiger charge is 2.06. The predicted molar refractivity (Wildman–Crippen MR) is 53.6 cm³/mol. The number of hydrogen-bond acceptors (Lipinski definition) is 4. The molecule has 0 spiro atoms. The van der Waals surface area contributed by atoms with Crippen LogP contribution in [0.1, 0.15) is 32.6 Å². The molecule has 0 atom stereocenters. The van der Waals surface area contributed by atoms with Gasteiger partial charge in [0.25, 0.3) is 0 Å². The summed E-state index contributed by atoms with van der Waals surface area (Å²) in [6.07, 6.45) is 6.99. The van der Waals surface area contributed by atoms with Crippen LogP contribution >= 0.6 is 0 Å². The fourth-order valence-electron chi connectivity index (χ4n) is 0.806. The van der Waals surface area contributed by atoms with Crippen LogP contribution in [-0.2, 0) is 14.4 Å². The fraction of sp³-hybridized carbons (Fsp3) is 0.600. The molecule has 0 saturated heterocycles. The lowest BCUT2D eigenvalue weighted by Crippen LogP contribution is -2.27. The van der Waals surface area contributed by atoms with Crippen molar-refractivity contribution in [3.63, 3.8) is 0 Å². The zero-order chi connectivity index (χ0) is 11.5. The van der Waals surface area contributed by atoms with E-state index >= 15 is 0 Å². The van der Waals surface area contributed by atoms with Crippen molar-refractivity contribution in [1.82, 2.24) is 5.48 Å². The third-order valence-corrected chi connectivity index (χ3v) is 1.52. The number of ether oxygens (including phenoxy) is 1. The molecule has 0 aliphatic carbocycles. The lowest BCUT2D eigenvalue weighted by Gasteiger charge is -2.04. The minimum absolute atomic E-state index is 0.154. The molecule has 84 valence electrons. The number of carbonyl (C=O) groups is 2. The molecule has 0 aromatic heterocycles. The summed E-state index contributed by atoms with van der Waals surface area (Å²) in [5.74, 6) is 1.62. The highest BCUT2D eigenvalue weighted by molar-refractivity contribution is 5.73. The van der Waals surface area contributed by atoms with E-state index in [9.17, 15) is 9.59 Å². The Bertz CT molecular complexity index is 244. The number of hydroxylamine groups is 1. The maximum Gasteiger partial charge on any atom is 0.441 e. The molecule has 15 heavy (non-hydrogen) atoms. The van der Waals surface area contributed by atoms with E-state index in [0.717, 1.165) is 19.3 Å². The summed E-state index contributed by atoms with van der Waals surface area (Å²) >= 11 is 0. The Hall–Kier alpha value is -1.70. The van der Waals surface area contributed by atoms with E-state index in [-0.39, 0.29) is 13.0 Å².